The molecule has 2 aromatic heterocycles. The number of pyridine rings is 1. The van der Waals surface area contributed by atoms with Gasteiger partial charge in [-0.1, -0.05) is 0 Å². The van der Waals surface area contributed by atoms with Gasteiger partial charge in [-0.05, 0) is 29.3 Å². The molecule has 2 rings (SSSR count). The van der Waals surface area contributed by atoms with E-state index in [0.29, 0.717) is 18.8 Å². The molecular weight excluding hydrogens is 228 g/mol. The van der Waals surface area contributed by atoms with E-state index in [1.807, 2.05) is 24.5 Å². The van der Waals surface area contributed by atoms with Crippen molar-refractivity contribution in [3.63, 3.8) is 0 Å². The van der Waals surface area contributed by atoms with E-state index in [-0.39, 0.29) is 5.91 Å². The minimum atomic E-state index is -0.105. The van der Waals surface area contributed by atoms with Crippen LogP contribution in [0.25, 0.3) is 0 Å². The third kappa shape index (κ3) is 2.75. The Morgan fingerprint density at radius 3 is 2.94 bits per heavy atom. The maximum absolute atomic E-state index is 12.2. The molecule has 18 heavy (non-hydrogen) atoms. The van der Waals surface area contributed by atoms with Gasteiger partial charge in [0.2, 0.25) is 0 Å². The summed E-state index contributed by atoms with van der Waals surface area (Å²) >= 11 is 0. The lowest BCUT2D eigenvalue weighted by atomic mass is 10.2. The van der Waals surface area contributed by atoms with Crippen LogP contribution in [-0.2, 0) is 13.1 Å². The molecule has 3 N–H and O–H groups in total. The monoisotopic (exact) mass is 244 g/mol. The zero-order valence-corrected chi connectivity index (χ0v) is 10.3. The standard InChI is InChI=1S/C13H16N4O/c1-17(9-11-2-4-15-8-11)13(18)12-6-10(7-14)3-5-16-12/h2-6,8,15H,7,9,14H2,1H3. The lowest BCUT2D eigenvalue weighted by Gasteiger charge is -2.16. The number of carbonyl (C=O) groups excluding carboxylic acids is 1. The number of aromatic amines is 1. The number of rotatable bonds is 4. The fraction of sp³-hybridized carbons (Fsp3) is 0.231. The third-order valence-corrected chi connectivity index (χ3v) is 2.71. The van der Waals surface area contributed by atoms with Crippen LogP contribution in [0.1, 0.15) is 21.6 Å². The van der Waals surface area contributed by atoms with E-state index in [2.05, 4.69) is 9.97 Å². The van der Waals surface area contributed by atoms with Gasteiger partial charge in [-0.15, -0.1) is 0 Å². The second-order valence-electron chi connectivity index (χ2n) is 4.13. The molecule has 94 valence electrons. The van der Waals surface area contributed by atoms with Gasteiger partial charge in [-0.3, -0.25) is 9.78 Å². The highest BCUT2D eigenvalue weighted by Gasteiger charge is 2.13. The number of nitrogens with zero attached hydrogens (tertiary/aromatic N) is 2. The van der Waals surface area contributed by atoms with Crippen molar-refractivity contribution in [2.45, 2.75) is 13.1 Å². The summed E-state index contributed by atoms with van der Waals surface area (Å²) in [5.41, 5.74) is 7.94. The molecule has 2 aromatic rings. The summed E-state index contributed by atoms with van der Waals surface area (Å²) in [5.74, 6) is -0.105. The minimum absolute atomic E-state index is 0.105. The van der Waals surface area contributed by atoms with Crippen molar-refractivity contribution >= 4 is 5.91 Å². The van der Waals surface area contributed by atoms with Gasteiger partial charge in [-0.2, -0.15) is 0 Å². The van der Waals surface area contributed by atoms with Crippen molar-refractivity contribution in [2.24, 2.45) is 5.73 Å². The molecule has 0 saturated heterocycles. The molecule has 0 fully saturated rings. The number of carbonyl (C=O) groups is 1. The van der Waals surface area contributed by atoms with Crippen molar-refractivity contribution in [2.75, 3.05) is 7.05 Å². The lowest BCUT2D eigenvalue weighted by Crippen LogP contribution is -2.27. The Bertz CT molecular complexity index is 522. The van der Waals surface area contributed by atoms with Crippen molar-refractivity contribution in [3.8, 4) is 0 Å². The molecule has 0 saturated carbocycles. The second-order valence-corrected chi connectivity index (χ2v) is 4.13. The van der Waals surface area contributed by atoms with Gasteiger partial charge >= 0.3 is 0 Å². The van der Waals surface area contributed by atoms with E-state index in [1.54, 1.807) is 24.2 Å². The fourth-order valence-electron chi connectivity index (χ4n) is 1.72. The SMILES string of the molecule is CN(Cc1cc[nH]c1)C(=O)c1cc(CN)ccn1. The van der Waals surface area contributed by atoms with E-state index < -0.39 is 0 Å². The van der Waals surface area contributed by atoms with Gasteiger partial charge in [0.15, 0.2) is 0 Å². The molecule has 0 atom stereocenters. The Hall–Kier alpha value is -2.14. The Morgan fingerprint density at radius 2 is 2.28 bits per heavy atom. The molecule has 2 heterocycles. The van der Waals surface area contributed by atoms with Gasteiger partial charge in [0, 0.05) is 38.7 Å². The Labute approximate surface area is 106 Å². The van der Waals surface area contributed by atoms with Gasteiger partial charge < -0.3 is 15.6 Å². The maximum atomic E-state index is 12.2. The molecule has 0 spiro atoms. The summed E-state index contributed by atoms with van der Waals surface area (Å²) in [6, 6.07) is 5.48. The van der Waals surface area contributed by atoms with Crippen LogP contribution in [0.2, 0.25) is 0 Å². The highest BCUT2D eigenvalue weighted by Crippen LogP contribution is 2.07. The predicted octanol–water partition coefficient (Wildman–Crippen LogP) is 1.14. The van der Waals surface area contributed by atoms with Crippen LogP contribution in [0.4, 0.5) is 0 Å². The van der Waals surface area contributed by atoms with Crippen LogP contribution in [0, 0.1) is 0 Å². The predicted molar refractivity (Wildman–Crippen MR) is 68.7 cm³/mol. The number of nitrogens with one attached hydrogen (secondary N) is 1. The summed E-state index contributed by atoms with van der Waals surface area (Å²) < 4.78 is 0. The van der Waals surface area contributed by atoms with Crippen molar-refractivity contribution in [1.29, 1.82) is 0 Å². The Kier molecular flexibility index (Phi) is 3.74. The highest BCUT2D eigenvalue weighted by atomic mass is 16.2. The summed E-state index contributed by atoms with van der Waals surface area (Å²) in [4.78, 5) is 20.8. The number of nitrogens with two attached hydrogens (primary N) is 1. The maximum Gasteiger partial charge on any atom is 0.272 e. The van der Waals surface area contributed by atoms with Crippen LogP contribution < -0.4 is 5.73 Å². The van der Waals surface area contributed by atoms with Crippen LogP contribution in [0.3, 0.4) is 0 Å². The first-order chi connectivity index (χ1) is 8.70. The number of aromatic nitrogens is 2. The van der Waals surface area contributed by atoms with Crippen molar-refractivity contribution in [1.82, 2.24) is 14.9 Å². The average Bonchev–Trinajstić information content (AvgIpc) is 2.90. The Morgan fingerprint density at radius 1 is 1.44 bits per heavy atom. The van der Waals surface area contributed by atoms with Gasteiger partial charge in [-0.25, -0.2) is 0 Å². The molecule has 0 aliphatic carbocycles. The zero-order chi connectivity index (χ0) is 13.0. The largest absolute Gasteiger partial charge is 0.367 e. The van der Waals surface area contributed by atoms with E-state index in [1.165, 1.54) is 0 Å². The number of hydrogen-bond donors (Lipinski definition) is 2. The first-order valence-electron chi connectivity index (χ1n) is 5.73. The smallest absolute Gasteiger partial charge is 0.272 e. The molecule has 0 unspecified atom stereocenters. The van der Waals surface area contributed by atoms with Crippen molar-refractivity contribution < 1.29 is 4.79 Å². The first kappa shape index (κ1) is 12.3. The number of amides is 1. The number of H-pyrrole nitrogens is 1. The molecule has 0 aliphatic heterocycles. The van der Waals surface area contributed by atoms with Crippen LogP contribution >= 0.6 is 0 Å². The number of hydrogen-bond acceptors (Lipinski definition) is 3. The van der Waals surface area contributed by atoms with Gasteiger partial charge in [0.25, 0.3) is 5.91 Å². The summed E-state index contributed by atoms with van der Waals surface area (Å²) in [6.45, 7) is 0.960. The first-order valence-corrected chi connectivity index (χ1v) is 5.73. The van der Waals surface area contributed by atoms with Crippen LogP contribution in [0.5, 0.6) is 0 Å². The third-order valence-electron chi connectivity index (χ3n) is 2.71. The molecule has 0 aromatic carbocycles. The minimum Gasteiger partial charge on any atom is -0.367 e. The average molecular weight is 244 g/mol. The second kappa shape index (κ2) is 5.46. The van der Waals surface area contributed by atoms with Crippen molar-refractivity contribution in [3.05, 3.63) is 53.6 Å². The summed E-state index contributed by atoms with van der Waals surface area (Å²) in [6.07, 6.45) is 5.31. The Balaban J connectivity index is 2.10. The van der Waals surface area contributed by atoms with E-state index in [4.69, 9.17) is 5.73 Å². The van der Waals surface area contributed by atoms with Gasteiger partial charge in [0.05, 0.1) is 0 Å². The van der Waals surface area contributed by atoms with E-state index in [0.717, 1.165) is 11.1 Å². The quantitative estimate of drug-likeness (QED) is 0.847. The lowest BCUT2D eigenvalue weighted by molar-refractivity contribution is 0.0779. The molecule has 0 bridgehead atoms. The molecule has 0 aliphatic rings. The highest BCUT2D eigenvalue weighted by molar-refractivity contribution is 5.92. The summed E-state index contributed by atoms with van der Waals surface area (Å²) in [7, 11) is 1.76. The molecule has 0 radical (unpaired) electrons. The van der Waals surface area contributed by atoms with Gasteiger partial charge in [0.1, 0.15) is 5.69 Å². The molecule has 5 heteroatoms. The zero-order valence-electron chi connectivity index (χ0n) is 10.3. The fourth-order valence-corrected chi connectivity index (χ4v) is 1.72. The molecular formula is C13H16N4O. The molecule has 1 amide bonds. The van der Waals surface area contributed by atoms with Crippen LogP contribution in [0.15, 0.2) is 36.8 Å². The normalized spacial score (nSPS) is 10.3. The van der Waals surface area contributed by atoms with E-state index >= 15 is 0 Å². The molecule has 5 nitrogen and oxygen atoms in total. The van der Waals surface area contributed by atoms with Crippen LogP contribution in [-0.4, -0.2) is 27.8 Å². The topological polar surface area (TPSA) is 75.0 Å². The van der Waals surface area contributed by atoms with E-state index in [9.17, 15) is 4.79 Å². The summed E-state index contributed by atoms with van der Waals surface area (Å²) in [5, 5.41) is 0.